The van der Waals surface area contributed by atoms with Gasteiger partial charge in [0.05, 0.1) is 6.10 Å². The van der Waals surface area contributed by atoms with Crippen molar-refractivity contribution >= 4 is 0 Å². The van der Waals surface area contributed by atoms with E-state index in [-0.39, 0.29) is 11.8 Å². The van der Waals surface area contributed by atoms with Crippen LogP contribution in [0, 0.1) is 29.6 Å². The SMILES string of the molecule is CC1CC(O)C(F)C(F)C1C1CCC(CC2CC2)CC1. The normalized spacial score (nSPS) is 50.1. The van der Waals surface area contributed by atoms with Crippen LogP contribution in [0.3, 0.4) is 0 Å². The summed E-state index contributed by atoms with van der Waals surface area (Å²) in [6, 6.07) is 0. The summed E-state index contributed by atoms with van der Waals surface area (Å²) in [6.07, 6.45) is 4.94. The second-order valence-electron chi connectivity index (χ2n) is 7.71. The summed E-state index contributed by atoms with van der Waals surface area (Å²) in [4.78, 5) is 0. The van der Waals surface area contributed by atoms with Crippen molar-refractivity contribution in [1.82, 2.24) is 0 Å². The molecule has 3 aliphatic rings. The molecule has 3 heteroatoms. The minimum Gasteiger partial charge on any atom is -0.390 e. The van der Waals surface area contributed by atoms with Crippen molar-refractivity contribution in [2.45, 2.75) is 76.7 Å². The van der Waals surface area contributed by atoms with Gasteiger partial charge in [0.2, 0.25) is 0 Å². The summed E-state index contributed by atoms with van der Waals surface area (Å²) in [7, 11) is 0. The highest BCUT2D eigenvalue weighted by Gasteiger charge is 2.47. The summed E-state index contributed by atoms with van der Waals surface area (Å²) in [6.45, 7) is 1.99. The van der Waals surface area contributed by atoms with E-state index in [0.29, 0.717) is 12.3 Å². The molecule has 0 heterocycles. The first-order chi connectivity index (χ1) is 9.56. The number of alkyl halides is 2. The zero-order chi connectivity index (χ0) is 14.3. The molecule has 5 unspecified atom stereocenters. The maximum Gasteiger partial charge on any atom is 0.157 e. The molecule has 0 bridgehead atoms. The fourth-order valence-corrected chi connectivity index (χ4v) is 4.76. The Morgan fingerprint density at radius 3 is 2.00 bits per heavy atom. The first kappa shape index (κ1) is 14.7. The largest absolute Gasteiger partial charge is 0.390 e. The van der Waals surface area contributed by atoms with E-state index in [0.717, 1.165) is 24.7 Å². The third-order valence-corrected chi connectivity index (χ3v) is 6.11. The number of rotatable bonds is 3. The molecule has 0 aromatic carbocycles. The molecule has 3 aliphatic carbocycles. The molecule has 0 amide bonds. The number of halogens is 2. The fraction of sp³-hybridized carbons (Fsp3) is 1.00. The Balaban J connectivity index is 1.55. The molecular formula is C17H28F2O. The Labute approximate surface area is 121 Å². The van der Waals surface area contributed by atoms with Gasteiger partial charge in [-0.1, -0.05) is 32.6 Å². The molecule has 1 nitrogen and oxygen atoms in total. The van der Waals surface area contributed by atoms with E-state index in [2.05, 4.69) is 0 Å². The lowest BCUT2D eigenvalue weighted by atomic mass is 9.65. The molecule has 1 N–H and O–H groups in total. The Bertz CT molecular complexity index is 323. The summed E-state index contributed by atoms with van der Waals surface area (Å²) >= 11 is 0. The van der Waals surface area contributed by atoms with E-state index in [9.17, 15) is 13.9 Å². The van der Waals surface area contributed by atoms with E-state index >= 15 is 0 Å². The monoisotopic (exact) mass is 286 g/mol. The van der Waals surface area contributed by atoms with E-state index < -0.39 is 18.4 Å². The standard InChI is InChI=1S/C17H28F2O/c1-10-8-14(20)16(18)17(19)15(10)13-6-4-12(5-7-13)9-11-2-3-11/h10-17,20H,2-9H2,1H3. The van der Waals surface area contributed by atoms with Crippen LogP contribution in [0.4, 0.5) is 8.78 Å². The summed E-state index contributed by atoms with van der Waals surface area (Å²) in [5, 5.41) is 9.57. The summed E-state index contributed by atoms with van der Waals surface area (Å²) in [5.41, 5.74) is 0. The van der Waals surface area contributed by atoms with Crippen LogP contribution in [0.15, 0.2) is 0 Å². The average Bonchev–Trinajstić information content (AvgIpc) is 3.22. The van der Waals surface area contributed by atoms with Gasteiger partial charge in [-0.3, -0.25) is 0 Å². The van der Waals surface area contributed by atoms with Gasteiger partial charge in [0.15, 0.2) is 6.17 Å². The third-order valence-electron chi connectivity index (χ3n) is 6.11. The maximum absolute atomic E-state index is 14.3. The number of aliphatic hydroxyl groups excluding tert-OH is 1. The molecule has 20 heavy (non-hydrogen) atoms. The molecule has 0 aliphatic heterocycles. The number of hydrogen-bond donors (Lipinski definition) is 1. The minimum atomic E-state index is -1.67. The van der Waals surface area contributed by atoms with Crippen LogP contribution >= 0.6 is 0 Å². The third kappa shape index (κ3) is 3.03. The molecule has 3 saturated carbocycles. The average molecular weight is 286 g/mol. The first-order valence-electron chi connectivity index (χ1n) is 8.52. The van der Waals surface area contributed by atoms with Crippen LogP contribution in [-0.4, -0.2) is 23.6 Å². The van der Waals surface area contributed by atoms with Crippen LogP contribution in [0.5, 0.6) is 0 Å². The molecule has 5 atom stereocenters. The van der Waals surface area contributed by atoms with Gasteiger partial charge in [-0.05, 0) is 55.3 Å². The zero-order valence-corrected chi connectivity index (χ0v) is 12.5. The number of hydrogen-bond acceptors (Lipinski definition) is 1. The predicted molar refractivity (Wildman–Crippen MR) is 75.9 cm³/mol. The molecule has 0 radical (unpaired) electrons. The van der Waals surface area contributed by atoms with Crippen molar-refractivity contribution in [2.75, 3.05) is 0 Å². The van der Waals surface area contributed by atoms with Crippen molar-refractivity contribution in [3.8, 4) is 0 Å². The van der Waals surface area contributed by atoms with Gasteiger partial charge in [0, 0.05) is 0 Å². The minimum absolute atomic E-state index is 0.108. The Morgan fingerprint density at radius 2 is 1.45 bits per heavy atom. The molecule has 0 aromatic heterocycles. The van der Waals surface area contributed by atoms with Gasteiger partial charge >= 0.3 is 0 Å². The van der Waals surface area contributed by atoms with Crippen molar-refractivity contribution in [1.29, 1.82) is 0 Å². The lowest BCUT2D eigenvalue weighted by molar-refractivity contribution is -0.0799. The lowest BCUT2D eigenvalue weighted by Crippen LogP contribution is -2.48. The molecule has 0 spiro atoms. The highest BCUT2D eigenvalue weighted by molar-refractivity contribution is 4.95. The van der Waals surface area contributed by atoms with Crippen LogP contribution in [-0.2, 0) is 0 Å². The summed E-state index contributed by atoms with van der Waals surface area (Å²) < 4.78 is 28.1. The van der Waals surface area contributed by atoms with Crippen molar-refractivity contribution in [3.63, 3.8) is 0 Å². The Kier molecular flexibility index (Phi) is 4.35. The van der Waals surface area contributed by atoms with Gasteiger partial charge in [0.1, 0.15) is 6.17 Å². The fourth-order valence-electron chi connectivity index (χ4n) is 4.76. The van der Waals surface area contributed by atoms with Crippen molar-refractivity contribution in [3.05, 3.63) is 0 Å². The highest BCUT2D eigenvalue weighted by atomic mass is 19.2. The smallest absolute Gasteiger partial charge is 0.157 e. The molecular weight excluding hydrogens is 258 g/mol. The quantitative estimate of drug-likeness (QED) is 0.820. The summed E-state index contributed by atoms with van der Waals surface area (Å²) in [5.74, 6) is 2.08. The van der Waals surface area contributed by atoms with Gasteiger partial charge in [-0.2, -0.15) is 0 Å². The molecule has 3 rings (SSSR count). The zero-order valence-electron chi connectivity index (χ0n) is 12.5. The molecule has 3 fully saturated rings. The van der Waals surface area contributed by atoms with Gasteiger partial charge < -0.3 is 5.11 Å². The second-order valence-corrected chi connectivity index (χ2v) is 7.71. The van der Waals surface area contributed by atoms with Gasteiger partial charge in [0.25, 0.3) is 0 Å². The van der Waals surface area contributed by atoms with Crippen molar-refractivity contribution < 1.29 is 13.9 Å². The van der Waals surface area contributed by atoms with Gasteiger partial charge in [-0.25, -0.2) is 8.78 Å². The number of aliphatic hydroxyl groups is 1. The topological polar surface area (TPSA) is 20.2 Å². The lowest BCUT2D eigenvalue weighted by Gasteiger charge is -2.43. The van der Waals surface area contributed by atoms with Crippen LogP contribution in [0.25, 0.3) is 0 Å². The van der Waals surface area contributed by atoms with Crippen LogP contribution in [0.2, 0.25) is 0 Å². The molecule has 0 aromatic rings. The molecule has 0 saturated heterocycles. The van der Waals surface area contributed by atoms with Gasteiger partial charge in [-0.15, -0.1) is 0 Å². The van der Waals surface area contributed by atoms with Crippen molar-refractivity contribution in [2.24, 2.45) is 29.6 Å². The molecule has 116 valence electrons. The van der Waals surface area contributed by atoms with E-state index in [4.69, 9.17) is 0 Å². The van der Waals surface area contributed by atoms with E-state index in [1.54, 1.807) is 0 Å². The first-order valence-corrected chi connectivity index (χ1v) is 8.52. The predicted octanol–water partition coefficient (Wildman–Crippen LogP) is 4.29. The van der Waals surface area contributed by atoms with Crippen LogP contribution in [0.1, 0.15) is 58.3 Å². The van der Waals surface area contributed by atoms with E-state index in [1.807, 2.05) is 6.92 Å². The van der Waals surface area contributed by atoms with E-state index in [1.165, 1.54) is 32.1 Å². The maximum atomic E-state index is 14.3. The Morgan fingerprint density at radius 1 is 0.900 bits per heavy atom. The van der Waals surface area contributed by atoms with Crippen LogP contribution < -0.4 is 0 Å². The highest BCUT2D eigenvalue weighted by Crippen LogP contribution is 2.47. The second kappa shape index (κ2) is 5.90. The Hall–Kier alpha value is -0.180.